The van der Waals surface area contributed by atoms with Crippen molar-refractivity contribution in [1.82, 2.24) is 37.9 Å². The summed E-state index contributed by atoms with van der Waals surface area (Å²) in [5.74, 6) is 0.183. The number of hydrogen-bond donors (Lipinski definition) is 0. The topological polar surface area (TPSA) is 109 Å². The lowest BCUT2D eigenvalue weighted by Gasteiger charge is -2.09. The van der Waals surface area contributed by atoms with Crippen LogP contribution < -0.4 is 5.56 Å². The summed E-state index contributed by atoms with van der Waals surface area (Å²) >= 11 is 3.35. The lowest BCUT2D eigenvalue weighted by atomic mass is 10.1. The molecule has 0 fully saturated rings. The summed E-state index contributed by atoms with van der Waals surface area (Å²) in [6.45, 7) is 2.78. The maximum Gasteiger partial charge on any atom is 0.287 e. The minimum absolute atomic E-state index is 0.127. The van der Waals surface area contributed by atoms with Gasteiger partial charge in [-0.2, -0.15) is 4.98 Å². The molecule has 1 aromatic carbocycles. The number of imidazole rings is 1. The number of unbranched alkanes of at least 4 members (excludes halogenated alkanes) is 2. The number of nitrogens with zero attached hydrogens (tertiary/aromatic N) is 8. The van der Waals surface area contributed by atoms with Crippen molar-refractivity contribution in [2.24, 2.45) is 0 Å². The third-order valence-electron chi connectivity index (χ3n) is 5.67. The van der Waals surface area contributed by atoms with Gasteiger partial charge in [0.1, 0.15) is 23.8 Å². The number of rotatable bonds is 9. The fraction of sp³-hybridized carbons (Fsp3) is 0.364. The average Bonchev–Trinajstić information content (AvgIpc) is 3.53. The highest BCUT2D eigenvalue weighted by Crippen LogP contribution is 2.17. The molecule has 0 atom stereocenters. The van der Waals surface area contributed by atoms with Crippen molar-refractivity contribution < 1.29 is 13.3 Å². The van der Waals surface area contributed by atoms with Crippen molar-refractivity contribution in [2.45, 2.75) is 52.0 Å². The second kappa shape index (κ2) is 9.64. The molecule has 0 aliphatic carbocycles. The predicted molar refractivity (Wildman–Crippen MR) is 125 cm³/mol. The van der Waals surface area contributed by atoms with E-state index in [1.165, 1.54) is 20.1 Å². The van der Waals surface area contributed by atoms with Gasteiger partial charge in [-0.3, -0.25) is 13.0 Å². The normalized spacial score (nSPS) is 11.8. The Morgan fingerprint density at radius 2 is 1.89 bits per heavy atom. The van der Waals surface area contributed by atoms with E-state index in [0.29, 0.717) is 59.4 Å². The number of aromatic nitrogens is 8. The molecule has 0 N–H and O–H groups in total. The Labute approximate surface area is 205 Å². The Balaban J connectivity index is 1.40. The summed E-state index contributed by atoms with van der Waals surface area (Å²) in [6.07, 6.45) is 5.32. The molecular formula is C22H21BrF2N8O2. The molecule has 5 aromatic rings. The molecular weight excluding hydrogens is 526 g/mol. The van der Waals surface area contributed by atoms with E-state index in [9.17, 15) is 13.6 Å². The summed E-state index contributed by atoms with van der Waals surface area (Å²) in [5, 5.41) is 12.4. The first-order chi connectivity index (χ1) is 16.9. The van der Waals surface area contributed by atoms with Crippen LogP contribution in [-0.2, 0) is 25.8 Å². The van der Waals surface area contributed by atoms with Gasteiger partial charge in [-0.25, -0.2) is 18.2 Å². The summed E-state index contributed by atoms with van der Waals surface area (Å²) in [6, 6.07) is 3.26. The van der Waals surface area contributed by atoms with Gasteiger partial charge in [-0.15, -0.1) is 10.2 Å². The molecule has 0 unspecified atom stereocenters. The van der Waals surface area contributed by atoms with Crippen molar-refractivity contribution in [3.63, 3.8) is 0 Å². The van der Waals surface area contributed by atoms with Crippen LogP contribution in [0.25, 0.3) is 16.9 Å². The Hall–Kier alpha value is -3.48. The van der Waals surface area contributed by atoms with Gasteiger partial charge in [0.15, 0.2) is 17.0 Å². The van der Waals surface area contributed by atoms with Crippen molar-refractivity contribution >= 4 is 33.1 Å². The van der Waals surface area contributed by atoms with Crippen molar-refractivity contribution in [3.05, 3.63) is 69.6 Å². The highest BCUT2D eigenvalue weighted by molar-refractivity contribution is 9.08. The highest BCUT2D eigenvalue weighted by Gasteiger charge is 2.20. The van der Waals surface area contributed by atoms with Crippen LogP contribution in [0.4, 0.5) is 8.78 Å². The zero-order valence-corrected chi connectivity index (χ0v) is 20.4. The molecule has 5 rings (SSSR count). The fourth-order valence-electron chi connectivity index (χ4n) is 4.06. The van der Waals surface area contributed by atoms with Crippen LogP contribution in [0.2, 0.25) is 0 Å². The molecule has 35 heavy (non-hydrogen) atoms. The lowest BCUT2D eigenvalue weighted by molar-refractivity contribution is 0.373. The van der Waals surface area contributed by atoms with E-state index in [-0.39, 0.29) is 12.0 Å². The SMILES string of the molecule is CCCCCn1c2ncn(Br)c2c(=O)n2c(CCc3nc(Cc4cc(F)cc(F)c4)no3)nnc12. The van der Waals surface area contributed by atoms with Crippen LogP contribution in [0, 0.1) is 11.6 Å². The number of halogens is 3. The predicted octanol–water partition coefficient (Wildman–Crippen LogP) is 3.63. The Morgan fingerprint density at radius 1 is 1.09 bits per heavy atom. The maximum atomic E-state index is 13.4. The molecule has 4 aromatic heterocycles. The first-order valence-electron chi connectivity index (χ1n) is 11.2. The van der Waals surface area contributed by atoms with Gasteiger partial charge in [0.25, 0.3) is 5.56 Å². The van der Waals surface area contributed by atoms with Crippen LogP contribution in [0.5, 0.6) is 0 Å². The van der Waals surface area contributed by atoms with Gasteiger partial charge < -0.3 is 4.52 Å². The van der Waals surface area contributed by atoms with Gasteiger partial charge in [0, 0.05) is 31.9 Å². The average molecular weight is 547 g/mol. The van der Waals surface area contributed by atoms with Crippen LogP contribution >= 0.6 is 16.1 Å². The minimum atomic E-state index is -0.665. The molecule has 0 amide bonds. The molecule has 0 aliphatic rings. The van der Waals surface area contributed by atoms with E-state index in [1.54, 1.807) is 6.33 Å². The first-order valence-corrected chi connectivity index (χ1v) is 11.9. The zero-order chi connectivity index (χ0) is 24.5. The van der Waals surface area contributed by atoms with E-state index >= 15 is 0 Å². The molecule has 0 aliphatic heterocycles. The minimum Gasteiger partial charge on any atom is -0.339 e. The monoisotopic (exact) mass is 546 g/mol. The Kier molecular flexibility index (Phi) is 6.41. The summed E-state index contributed by atoms with van der Waals surface area (Å²) in [7, 11) is 0. The molecule has 0 spiro atoms. The van der Waals surface area contributed by atoms with Crippen molar-refractivity contribution in [3.8, 4) is 0 Å². The first kappa shape index (κ1) is 23.3. The zero-order valence-electron chi connectivity index (χ0n) is 18.8. The standard InChI is InChI=1S/C22H21BrF2N8O2/c1-2-3-4-7-31-20-19(32(23)12-26-20)21(34)33-17(28-29-22(31)33)5-6-18-27-16(30-35-18)10-13-8-14(24)11-15(25)9-13/h8-9,11-12H,2-7,10H2,1H3. The van der Waals surface area contributed by atoms with Crippen molar-refractivity contribution in [1.29, 1.82) is 0 Å². The fourth-order valence-corrected chi connectivity index (χ4v) is 4.46. The number of aryl methyl sites for hydroxylation is 3. The number of hydrogen-bond acceptors (Lipinski definition) is 7. The highest BCUT2D eigenvalue weighted by atomic mass is 79.9. The van der Waals surface area contributed by atoms with E-state index in [1.807, 2.05) is 4.57 Å². The largest absolute Gasteiger partial charge is 0.339 e. The molecule has 0 bridgehead atoms. The summed E-state index contributed by atoms with van der Waals surface area (Å²) < 4.78 is 37.1. The molecule has 182 valence electrons. The third kappa shape index (κ3) is 4.59. The van der Waals surface area contributed by atoms with E-state index in [4.69, 9.17) is 4.52 Å². The number of fused-ring (bicyclic) bond motifs is 2. The Morgan fingerprint density at radius 3 is 2.66 bits per heavy atom. The number of benzene rings is 1. The van der Waals surface area contributed by atoms with Crippen LogP contribution in [0.15, 0.2) is 33.8 Å². The molecule has 0 radical (unpaired) electrons. The second-order valence-corrected chi connectivity index (χ2v) is 8.97. The molecule has 10 nitrogen and oxygen atoms in total. The van der Waals surface area contributed by atoms with Gasteiger partial charge in [0.05, 0.1) is 16.1 Å². The summed E-state index contributed by atoms with van der Waals surface area (Å²) in [5.41, 5.74) is 1.06. The van der Waals surface area contributed by atoms with Crippen molar-refractivity contribution in [2.75, 3.05) is 0 Å². The smallest absolute Gasteiger partial charge is 0.287 e. The van der Waals surface area contributed by atoms with Crippen LogP contribution in [0.3, 0.4) is 0 Å². The third-order valence-corrected chi connectivity index (χ3v) is 6.20. The van der Waals surface area contributed by atoms with E-state index in [2.05, 4.69) is 48.4 Å². The van der Waals surface area contributed by atoms with Gasteiger partial charge >= 0.3 is 0 Å². The van der Waals surface area contributed by atoms with Crippen LogP contribution in [-0.4, -0.2) is 37.9 Å². The Bertz CT molecular complexity index is 1550. The van der Waals surface area contributed by atoms with Gasteiger partial charge in [-0.1, -0.05) is 24.9 Å². The lowest BCUT2D eigenvalue weighted by Crippen LogP contribution is -2.22. The van der Waals surface area contributed by atoms with Gasteiger partial charge in [-0.05, 0) is 24.1 Å². The molecule has 0 saturated carbocycles. The van der Waals surface area contributed by atoms with Gasteiger partial charge in [0.2, 0.25) is 11.7 Å². The van der Waals surface area contributed by atoms with E-state index < -0.39 is 11.6 Å². The molecule has 13 heteroatoms. The van der Waals surface area contributed by atoms with E-state index in [0.717, 1.165) is 25.3 Å². The quantitative estimate of drug-likeness (QED) is 0.260. The summed E-state index contributed by atoms with van der Waals surface area (Å²) in [4.78, 5) is 22.0. The maximum absolute atomic E-state index is 13.4. The molecule has 0 saturated heterocycles. The van der Waals surface area contributed by atoms with Crippen LogP contribution in [0.1, 0.15) is 49.3 Å². The molecule has 4 heterocycles. The second-order valence-electron chi connectivity index (χ2n) is 8.20.